The normalized spacial score (nSPS) is 4.50. The first kappa shape index (κ1) is 9.11. The third-order valence-corrected chi connectivity index (χ3v) is 0. The van der Waals surface area contributed by atoms with Gasteiger partial charge in [0.2, 0.25) is 0 Å². The summed E-state index contributed by atoms with van der Waals surface area (Å²) in [6.45, 7) is 0. The Hall–Kier alpha value is 1.54. The minimum atomic E-state index is 0. The maximum absolute atomic E-state index is 3.88. The van der Waals surface area contributed by atoms with Crippen LogP contribution in [0.5, 0.6) is 0 Å². The van der Waals surface area contributed by atoms with Gasteiger partial charge in [-0.3, -0.25) is 0 Å². The van der Waals surface area contributed by atoms with Crippen molar-refractivity contribution in [2.24, 2.45) is 0 Å². The Balaban J connectivity index is 0. The molecule has 0 unspecified atom stereocenters. The maximum Gasteiger partial charge on any atom is 0.115 e. The van der Waals surface area contributed by atoms with E-state index >= 15 is 0 Å². The zero-order valence-corrected chi connectivity index (χ0v) is 6.43. The molecule has 0 fully saturated rings. The molecule has 0 aliphatic rings. The third-order valence-electron chi connectivity index (χ3n) is 0. The minimum absolute atomic E-state index is 0. The molecule has 0 amide bonds. The van der Waals surface area contributed by atoms with Crippen LogP contribution in [0.4, 0.5) is 0 Å². The molecular formula is Br2ORu. The molecule has 28 valence electrons. The van der Waals surface area contributed by atoms with Gasteiger partial charge in [-0.2, -0.15) is 0 Å². The summed E-state index contributed by atoms with van der Waals surface area (Å²) in [4.78, 5) is 0. The fraction of sp³-hybridized carbons (Fsp3) is 0. The largest absolute Gasteiger partial charge is 0.230 e. The Morgan fingerprint density at radius 1 is 1.25 bits per heavy atom. The SMILES string of the molecule is BrOBr.[Ru]. The maximum atomic E-state index is 3.88. The van der Waals surface area contributed by atoms with Crippen LogP contribution in [0.3, 0.4) is 0 Å². The smallest absolute Gasteiger partial charge is 0.115 e. The predicted molar refractivity (Wildman–Crippen MR) is 18.9 cm³/mol. The molecule has 0 aromatic rings. The van der Waals surface area contributed by atoms with E-state index in [1.165, 1.54) is 0 Å². The van der Waals surface area contributed by atoms with Crippen molar-refractivity contribution in [1.29, 1.82) is 0 Å². The van der Waals surface area contributed by atoms with Crippen LogP contribution in [-0.4, -0.2) is 0 Å². The zero-order valence-electron chi connectivity index (χ0n) is 1.52. The van der Waals surface area contributed by atoms with Crippen LogP contribution in [0, 0.1) is 0 Å². The van der Waals surface area contributed by atoms with Gasteiger partial charge < -0.3 is 0 Å². The Kier molecular flexibility index (Phi) is 20.1. The molecule has 0 rings (SSSR count). The van der Waals surface area contributed by atoms with Crippen molar-refractivity contribution >= 4 is 32.5 Å². The summed E-state index contributed by atoms with van der Waals surface area (Å²) in [5, 5.41) is 0. The van der Waals surface area contributed by atoms with Crippen molar-refractivity contribution < 1.29 is 22.4 Å². The van der Waals surface area contributed by atoms with Crippen LogP contribution >= 0.6 is 32.5 Å². The summed E-state index contributed by atoms with van der Waals surface area (Å²) in [6, 6.07) is 0. The second-order valence-electron chi connectivity index (χ2n) is 0.0583. The summed E-state index contributed by atoms with van der Waals surface area (Å²) in [5.74, 6) is 0. The van der Waals surface area contributed by atoms with Crippen molar-refractivity contribution in [3.8, 4) is 0 Å². The molecule has 1 nitrogen and oxygen atoms in total. The van der Waals surface area contributed by atoms with Gasteiger partial charge in [0.15, 0.2) is 0 Å². The molecule has 4 heteroatoms. The fourth-order valence-corrected chi connectivity index (χ4v) is 0. The first-order chi connectivity index (χ1) is 1.41. The Labute approximate surface area is 54.8 Å². The topological polar surface area (TPSA) is 9.23 Å². The quantitative estimate of drug-likeness (QED) is 0.611. The molecule has 0 aromatic carbocycles. The van der Waals surface area contributed by atoms with E-state index in [-0.39, 0.29) is 19.5 Å². The summed E-state index contributed by atoms with van der Waals surface area (Å²) < 4.78 is 3.88. The molecule has 0 saturated heterocycles. The number of rotatable bonds is 0. The minimum Gasteiger partial charge on any atom is -0.230 e. The van der Waals surface area contributed by atoms with Crippen molar-refractivity contribution in [1.82, 2.24) is 0 Å². The summed E-state index contributed by atoms with van der Waals surface area (Å²) in [5.41, 5.74) is 0. The van der Waals surface area contributed by atoms with Crippen molar-refractivity contribution in [3.05, 3.63) is 0 Å². The van der Waals surface area contributed by atoms with Gasteiger partial charge in [0.05, 0.1) is 0 Å². The molecule has 0 N–H and O–H groups in total. The van der Waals surface area contributed by atoms with Gasteiger partial charge >= 0.3 is 0 Å². The number of halogens is 2. The molecule has 0 aromatic heterocycles. The van der Waals surface area contributed by atoms with Gasteiger partial charge in [-0.1, -0.05) is 0 Å². The zero-order chi connectivity index (χ0) is 2.71. The molecule has 0 aliphatic heterocycles. The number of hydrogen-bond donors (Lipinski definition) is 0. The van der Waals surface area contributed by atoms with Crippen molar-refractivity contribution in [3.63, 3.8) is 0 Å². The van der Waals surface area contributed by atoms with E-state index in [0.717, 1.165) is 0 Å². The Morgan fingerprint density at radius 3 is 1.25 bits per heavy atom. The molecule has 0 bridgehead atoms. The number of hydrogen-bond acceptors (Lipinski definition) is 1. The fourth-order valence-electron chi connectivity index (χ4n) is 0. The molecule has 0 spiro atoms. The van der Waals surface area contributed by atoms with Gasteiger partial charge in [-0.15, -0.1) is 0 Å². The standard InChI is InChI=1S/Br2O.Ru/c1-3-2;. The third kappa shape index (κ3) is 9.62. The first-order valence-corrected chi connectivity index (χ1v) is 1.60. The van der Waals surface area contributed by atoms with E-state index in [4.69, 9.17) is 0 Å². The van der Waals surface area contributed by atoms with Crippen LogP contribution in [-0.2, 0) is 22.4 Å². The second kappa shape index (κ2) is 8.82. The molecular weight excluding hydrogens is 277 g/mol. The Morgan fingerprint density at radius 2 is 1.25 bits per heavy atom. The van der Waals surface area contributed by atoms with E-state index in [0.29, 0.717) is 0 Å². The molecule has 0 radical (unpaired) electrons. The molecule has 0 atom stereocenters. The van der Waals surface area contributed by atoms with E-state index in [1.54, 1.807) is 0 Å². The van der Waals surface area contributed by atoms with Crippen molar-refractivity contribution in [2.45, 2.75) is 0 Å². The average Bonchev–Trinajstić information content (AvgIpc) is 0.918. The summed E-state index contributed by atoms with van der Waals surface area (Å²) in [6.07, 6.45) is 0. The molecule has 0 heterocycles. The average molecular weight is 277 g/mol. The second-order valence-corrected chi connectivity index (χ2v) is 1.57. The molecule has 4 heavy (non-hydrogen) atoms. The first-order valence-electron chi connectivity index (χ1n) is 0.309. The summed E-state index contributed by atoms with van der Waals surface area (Å²) >= 11 is 5.12. The Bertz CT molecular complexity index is 6.00. The van der Waals surface area contributed by atoms with E-state index in [9.17, 15) is 0 Å². The van der Waals surface area contributed by atoms with Crippen LogP contribution in [0.1, 0.15) is 0 Å². The van der Waals surface area contributed by atoms with E-state index in [1.807, 2.05) is 0 Å². The monoisotopic (exact) mass is 276 g/mol. The molecule has 0 aliphatic carbocycles. The van der Waals surface area contributed by atoms with Crippen LogP contribution in [0.25, 0.3) is 0 Å². The van der Waals surface area contributed by atoms with Gasteiger partial charge in [-0.25, -0.2) is 2.92 Å². The van der Waals surface area contributed by atoms with E-state index in [2.05, 4.69) is 35.4 Å². The van der Waals surface area contributed by atoms with Gasteiger partial charge in [0, 0.05) is 19.5 Å². The van der Waals surface area contributed by atoms with Crippen molar-refractivity contribution in [2.75, 3.05) is 0 Å². The van der Waals surface area contributed by atoms with Gasteiger partial charge in [0.1, 0.15) is 32.5 Å². The van der Waals surface area contributed by atoms with E-state index < -0.39 is 0 Å². The molecule has 0 saturated carbocycles. The van der Waals surface area contributed by atoms with Crippen LogP contribution in [0.2, 0.25) is 0 Å². The van der Waals surface area contributed by atoms with Crippen LogP contribution in [0.15, 0.2) is 0 Å². The van der Waals surface area contributed by atoms with Gasteiger partial charge in [0.25, 0.3) is 0 Å². The predicted octanol–water partition coefficient (Wildman–Crippen LogP) is 1.62. The summed E-state index contributed by atoms with van der Waals surface area (Å²) in [7, 11) is 0. The van der Waals surface area contributed by atoms with Crippen LogP contribution < -0.4 is 0 Å². The van der Waals surface area contributed by atoms with Gasteiger partial charge in [-0.05, 0) is 0 Å².